The van der Waals surface area contributed by atoms with Crippen molar-refractivity contribution in [2.75, 3.05) is 13.2 Å². The smallest absolute Gasteiger partial charge is 0.0468 e. The average molecular weight is 170 g/mol. The van der Waals surface area contributed by atoms with Crippen LogP contribution in [0.4, 0.5) is 0 Å². The molecule has 0 spiro atoms. The Hall–Kier alpha value is -0.0400. The highest BCUT2D eigenvalue weighted by Crippen LogP contribution is 2.18. The number of hydrogen-bond acceptors (Lipinski definition) is 1. The molecule has 0 aromatic heterocycles. The van der Waals surface area contributed by atoms with Gasteiger partial charge in [-0.25, -0.2) is 0 Å². The van der Waals surface area contributed by atoms with E-state index in [-0.39, 0.29) is 0 Å². The Labute approximate surface area is 76.5 Å². The first kappa shape index (κ1) is 10.0. The molecule has 1 aliphatic rings. The number of rotatable bonds is 1. The standard InChI is InChI=1S/C11H22O/c1-2-11-7-5-3-4-6-9-12-10-8-11/h11H,2-10H2,1H3. The van der Waals surface area contributed by atoms with Crippen molar-refractivity contribution in [1.29, 1.82) is 0 Å². The van der Waals surface area contributed by atoms with Gasteiger partial charge < -0.3 is 4.74 Å². The van der Waals surface area contributed by atoms with E-state index in [9.17, 15) is 0 Å². The molecule has 0 aliphatic carbocycles. The topological polar surface area (TPSA) is 9.23 Å². The molecule has 1 nitrogen and oxygen atoms in total. The Morgan fingerprint density at radius 3 is 2.67 bits per heavy atom. The van der Waals surface area contributed by atoms with E-state index in [1.165, 1.54) is 44.9 Å². The van der Waals surface area contributed by atoms with Gasteiger partial charge in [0.05, 0.1) is 0 Å². The molecule has 12 heavy (non-hydrogen) atoms. The second kappa shape index (κ2) is 6.47. The maximum absolute atomic E-state index is 5.54. The van der Waals surface area contributed by atoms with Crippen LogP contribution < -0.4 is 0 Å². The highest BCUT2D eigenvalue weighted by Gasteiger charge is 2.07. The van der Waals surface area contributed by atoms with Crippen molar-refractivity contribution in [2.45, 2.75) is 51.9 Å². The zero-order valence-corrected chi connectivity index (χ0v) is 8.35. The van der Waals surface area contributed by atoms with Crippen molar-refractivity contribution in [1.82, 2.24) is 0 Å². The van der Waals surface area contributed by atoms with E-state index in [1.807, 2.05) is 0 Å². The molecular formula is C11H22O. The van der Waals surface area contributed by atoms with Crippen LogP contribution in [0.25, 0.3) is 0 Å². The molecule has 1 unspecified atom stereocenters. The normalized spacial score (nSPS) is 28.2. The van der Waals surface area contributed by atoms with Crippen molar-refractivity contribution in [2.24, 2.45) is 5.92 Å². The molecule has 1 heteroatoms. The minimum atomic E-state index is 0.933. The fourth-order valence-corrected chi connectivity index (χ4v) is 1.90. The Morgan fingerprint density at radius 2 is 1.83 bits per heavy atom. The zero-order valence-electron chi connectivity index (χ0n) is 8.35. The van der Waals surface area contributed by atoms with Gasteiger partial charge in [-0.05, 0) is 18.8 Å². The van der Waals surface area contributed by atoms with Crippen LogP contribution >= 0.6 is 0 Å². The van der Waals surface area contributed by atoms with Gasteiger partial charge in [0.15, 0.2) is 0 Å². The first-order valence-electron chi connectivity index (χ1n) is 5.51. The molecule has 1 fully saturated rings. The summed E-state index contributed by atoms with van der Waals surface area (Å²) in [7, 11) is 0. The Kier molecular flexibility index (Phi) is 5.42. The second-order valence-electron chi connectivity index (χ2n) is 3.88. The molecule has 0 N–H and O–H groups in total. The summed E-state index contributed by atoms with van der Waals surface area (Å²) in [6, 6.07) is 0. The largest absolute Gasteiger partial charge is 0.381 e. The van der Waals surface area contributed by atoms with E-state index >= 15 is 0 Å². The van der Waals surface area contributed by atoms with Crippen molar-refractivity contribution in [3.05, 3.63) is 0 Å². The Bertz CT molecular complexity index is 91.2. The molecule has 0 aromatic carbocycles. The van der Waals surface area contributed by atoms with E-state index < -0.39 is 0 Å². The van der Waals surface area contributed by atoms with Crippen molar-refractivity contribution in [3.63, 3.8) is 0 Å². The van der Waals surface area contributed by atoms with Crippen LogP contribution in [0.1, 0.15) is 51.9 Å². The fraction of sp³-hybridized carbons (Fsp3) is 1.00. The summed E-state index contributed by atoms with van der Waals surface area (Å²) in [5.41, 5.74) is 0. The number of ether oxygens (including phenoxy) is 1. The van der Waals surface area contributed by atoms with Crippen LogP contribution in [0.15, 0.2) is 0 Å². The lowest BCUT2D eigenvalue weighted by atomic mass is 9.95. The van der Waals surface area contributed by atoms with Crippen LogP contribution in [-0.4, -0.2) is 13.2 Å². The van der Waals surface area contributed by atoms with E-state index in [0.29, 0.717) is 0 Å². The molecule has 1 atom stereocenters. The maximum Gasteiger partial charge on any atom is 0.0468 e. The van der Waals surface area contributed by atoms with Gasteiger partial charge in [0.1, 0.15) is 0 Å². The summed E-state index contributed by atoms with van der Waals surface area (Å²) in [4.78, 5) is 0. The lowest BCUT2D eigenvalue weighted by Crippen LogP contribution is -2.07. The third-order valence-electron chi connectivity index (χ3n) is 2.90. The van der Waals surface area contributed by atoms with Gasteiger partial charge in [0.2, 0.25) is 0 Å². The monoisotopic (exact) mass is 170 g/mol. The maximum atomic E-state index is 5.54. The van der Waals surface area contributed by atoms with Crippen LogP contribution in [0.5, 0.6) is 0 Å². The Morgan fingerprint density at radius 1 is 1.00 bits per heavy atom. The molecule has 72 valence electrons. The van der Waals surface area contributed by atoms with Gasteiger partial charge >= 0.3 is 0 Å². The fourth-order valence-electron chi connectivity index (χ4n) is 1.90. The third kappa shape index (κ3) is 4.10. The predicted octanol–water partition coefficient (Wildman–Crippen LogP) is 3.38. The first-order chi connectivity index (χ1) is 5.93. The van der Waals surface area contributed by atoms with E-state index in [1.54, 1.807) is 0 Å². The molecule has 0 saturated carbocycles. The molecule has 0 bridgehead atoms. The van der Waals surface area contributed by atoms with Crippen LogP contribution in [-0.2, 0) is 4.74 Å². The molecule has 0 amide bonds. The van der Waals surface area contributed by atoms with Gasteiger partial charge in [-0.1, -0.05) is 39.0 Å². The van der Waals surface area contributed by atoms with Gasteiger partial charge in [0.25, 0.3) is 0 Å². The molecule has 0 radical (unpaired) electrons. The molecule has 1 saturated heterocycles. The summed E-state index contributed by atoms with van der Waals surface area (Å²) in [5.74, 6) is 0.933. The van der Waals surface area contributed by atoms with Crippen molar-refractivity contribution < 1.29 is 4.74 Å². The first-order valence-corrected chi connectivity index (χ1v) is 5.51. The SMILES string of the molecule is CCC1CCCCCCOCC1. The van der Waals surface area contributed by atoms with E-state index in [0.717, 1.165) is 19.1 Å². The minimum Gasteiger partial charge on any atom is -0.381 e. The Balaban J connectivity index is 2.17. The van der Waals surface area contributed by atoms with Crippen molar-refractivity contribution in [3.8, 4) is 0 Å². The highest BCUT2D eigenvalue weighted by molar-refractivity contribution is 4.59. The minimum absolute atomic E-state index is 0.933. The van der Waals surface area contributed by atoms with Gasteiger partial charge in [-0.3, -0.25) is 0 Å². The van der Waals surface area contributed by atoms with Crippen LogP contribution in [0, 0.1) is 5.92 Å². The predicted molar refractivity (Wildman–Crippen MR) is 52.3 cm³/mol. The zero-order chi connectivity index (χ0) is 8.65. The molecule has 1 heterocycles. The quantitative estimate of drug-likeness (QED) is 0.586. The second-order valence-corrected chi connectivity index (χ2v) is 3.88. The number of hydrogen-bond donors (Lipinski definition) is 0. The van der Waals surface area contributed by atoms with E-state index in [4.69, 9.17) is 4.74 Å². The van der Waals surface area contributed by atoms with Crippen LogP contribution in [0.3, 0.4) is 0 Å². The average Bonchev–Trinajstić information content (AvgIpc) is 2.14. The van der Waals surface area contributed by atoms with Crippen molar-refractivity contribution >= 4 is 0 Å². The lowest BCUT2D eigenvalue weighted by Gasteiger charge is -2.16. The van der Waals surface area contributed by atoms with Gasteiger partial charge in [-0.2, -0.15) is 0 Å². The van der Waals surface area contributed by atoms with Crippen LogP contribution in [0.2, 0.25) is 0 Å². The molecule has 1 aliphatic heterocycles. The summed E-state index contributed by atoms with van der Waals surface area (Å²) in [6.07, 6.45) is 9.56. The molecular weight excluding hydrogens is 148 g/mol. The molecule has 0 aromatic rings. The lowest BCUT2D eigenvalue weighted by molar-refractivity contribution is 0.109. The third-order valence-corrected chi connectivity index (χ3v) is 2.90. The van der Waals surface area contributed by atoms with E-state index in [2.05, 4.69) is 6.92 Å². The summed E-state index contributed by atoms with van der Waals surface area (Å²) < 4.78 is 5.54. The summed E-state index contributed by atoms with van der Waals surface area (Å²) >= 11 is 0. The summed E-state index contributed by atoms with van der Waals surface area (Å²) in [5, 5.41) is 0. The summed E-state index contributed by atoms with van der Waals surface area (Å²) in [6.45, 7) is 4.30. The van der Waals surface area contributed by atoms with Gasteiger partial charge in [-0.15, -0.1) is 0 Å². The molecule has 1 rings (SSSR count). The highest BCUT2D eigenvalue weighted by atomic mass is 16.5. The van der Waals surface area contributed by atoms with Gasteiger partial charge in [0, 0.05) is 13.2 Å².